The van der Waals surface area contributed by atoms with E-state index in [1.54, 1.807) is 17.6 Å². The van der Waals surface area contributed by atoms with Crippen LogP contribution < -0.4 is 0 Å². The molecule has 2 aromatic rings. The Labute approximate surface area is 81.2 Å². The lowest BCUT2D eigenvalue weighted by Gasteiger charge is -1.90. The van der Waals surface area contributed by atoms with Crippen molar-refractivity contribution >= 4 is 11.3 Å². The van der Waals surface area contributed by atoms with E-state index in [-0.39, 0.29) is 0 Å². The standard InChI is InChI=1S/C10H11NOS/c1-3-8-6-11-10(13-8)9-4-5-12-7(9)2/h4-6H,3H2,1-2H3. The number of hydrogen-bond donors (Lipinski definition) is 0. The zero-order valence-electron chi connectivity index (χ0n) is 7.70. The quantitative estimate of drug-likeness (QED) is 0.731. The van der Waals surface area contributed by atoms with Crippen molar-refractivity contribution in [1.82, 2.24) is 4.98 Å². The second-order valence-corrected chi connectivity index (χ2v) is 3.99. The molecule has 2 heterocycles. The van der Waals surface area contributed by atoms with Gasteiger partial charge in [0.15, 0.2) is 0 Å². The van der Waals surface area contributed by atoms with Crippen molar-refractivity contribution in [3.05, 3.63) is 29.2 Å². The molecule has 0 radical (unpaired) electrons. The first-order chi connectivity index (χ1) is 6.31. The van der Waals surface area contributed by atoms with E-state index in [2.05, 4.69) is 11.9 Å². The van der Waals surface area contributed by atoms with Gasteiger partial charge >= 0.3 is 0 Å². The smallest absolute Gasteiger partial charge is 0.127 e. The van der Waals surface area contributed by atoms with E-state index in [9.17, 15) is 0 Å². The molecule has 0 saturated carbocycles. The van der Waals surface area contributed by atoms with Crippen LogP contribution >= 0.6 is 11.3 Å². The highest BCUT2D eigenvalue weighted by Crippen LogP contribution is 2.28. The zero-order chi connectivity index (χ0) is 9.26. The van der Waals surface area contributed by atoms with Crippen molar-refractivity contribution < 1.29 is 4.42 Å². The van der Waals surface area contributed by atoms with Gasteiger partial charge in [-0.2, -0.15) is 0 Å². The van der Waals surface area contributed by atoms with Gasteiger partial charge in [0.1, 0.15) is 10.8 Å². The molecule has 0 fully saturated rings. The van der Waals surface area contributed by atoms with Crippen LogP contribution in [0.25, 0.3) is 10.6 Å². The Balaban J connectivity index is 2.41. The summed E-state index contributed by atoms with van der Waals surface area (Å²) >= 11 is 1.73. The summed E-state index contributed by atoms with van der Waals surface area (Å²) in [6, 6.07) is 1.97. The first-order valence-corrected chi connectivity index (χ1v) is 5.12. The Hall–Kier alpha value is -1.09. The fourth-order valence-corrected chi connectivity index (χ4v) is 2.13. The van der Waals surface area contributed by atoms with Gasteiger partial charge in [-0.1, -0.05) is 6.92 Å². The van der Waals surface area contributed by atoms with E-state index < -0.39 is 0 Å². The maximum Gasteiger partial charge on any atom is 0.127 e. The van der Waals surface area contributed by atoms with Gasteiger partial charge < -0.3 is 4.42 Å². The number of rotatable bonds is 2. The molecule has 0 unspecified atom stereocenters. The molecule has 0 atom stereocenters. The molecule has 0 aliphatic rings. The van der Waals surface area contributed by atoms with Gasteiger partial charge in [-0.05, 0) is 19.4 Å². The summed E-state index contributed by atoms with van der Waals surface area (Å²) in [4.78, 5) is 5.66. The molecule has 0 amide bonds. The molecule has 0 spiro atoms. The summed E-state index contributed by atoms with van der Waals surface area (Å²) in [6.45, 7) is 4.10. The molecule has 0 bridgehead atoms. The first-order valence-electron chi connectivity index (χ1n) is 4.30. The molecule has 0 aromatic carbocycles. The highest BCUT2D eigenvalue weighted by atomic mass is 32.1. The van der Waals surface area contributed by atoms with Crippen molar-refractivity contribution in [1.29, 1.82) is 0 Å². The van der Waals surface area contributed by atoms with Gasteiger partial charge in [0.2, 0.25) is 0 Å². The maximum atomic E-state index is 5.23. The van der Waals surface area contributed by atoms with Crippen LogP contribution in [-0.2, 0) is 6.42 Å². The van der Waals surface area contributed by atoms with Gasteiger partial charge in [0, 0.05) is 11.1 Å². The minimum atomic E-state index is 0.942. The molecule has 2 nitrogen and oxygen atoms in total. The minimum Gasteiger partial charge on any atom is -0.469 e. The van der Waals surface area contributed by atoms with Crippen LogP contribution in [0.5, 0.6) is 0 Å². The Morgan fingerprint density at radius 3 is 2.92 bits per heavy atom. The molecule has 0 N–H and O–H groups in total. The summed E-state index contributed by atoms with van der Waals surface area (Å²) < 4.78 is 5.23. The lowest BCUT2D eigenvalue weighted by Crippen LogP contribution is -1.72. The third-order valence-electron chi connectivity index (χ3n) is 1.99. The fraction of sp³-hybridized carbons (Fsp3) is 0.300. The highest BCUT2D eigenvalue weighted by molar-refractivity contribution is 7.15. The number of aromatic nitrogens is 1. The fourth-order valence-electron chi connectivity index (χ4n) is 1.20. The average Bonchev–Trinajstić information content (AvgIpc) is 2.71. The van der Waals surface area contributed by atoms with Crippen LogP contribution in [0, 0.1) is 6.92 Å². The van der Waals surface area contributed by atoms with Gasteiger partial charge in [-0.15, -0.1) is 11.3 Å². The van der Waals surface area contributed by atoms with Crippen LogP contribution in [0.1, 0.15) is 17.6 Å². The van der Waals surface area contributed by atoms with Crippen molar-refractivity contribution in [3.63, 3.8) is 0 Å². The lowest BCUT2D eigenvalue weighted by atomic mass is 10.3. The molecule has 0 aliphatic heterocycles. The SMILES string of the molecule is CCc1cnc(-c2ccoc2C)s1. The second kappa shape index (κ2) is 3.34. The van der Waals surface area contributed by atoms with Crippen molar-refractivity contribution in [2.75, 3.05) is 0 Å². The number of nitrogens with zero attached hydrogens (tertiary/aromatic N) is 1. The average molecular weight is 193 g/mol. The number of furan rings is 1. The predicted molar refractivity (Wildman–Crippen MR) is 53.9 cm³/mol. The number of thiazole rings is 1. The lowest BCUT2D eigenvalue weighted by molar-refractivity contribution is 0.535. The Morgan fingerprint density at radius 1 is 1.54 bits per heavy atom. The Bertz CT molecular complexity index is 402. The van der Waals surface area contributed by atoms with E-state index in [1.807, 2.05) is 19.2 Å². The molecule has 68 valence electrons. The largest absolute Gasteiger partial charge is 0.469 e. The van der Waals surface area contributed by atoms with E-state index in [0.29, 0.717) is 0 Å². The summed E-state index contributed by atoms with van der Waals surface area (Å²) in [6.07, 6.45) is 4.69. The Morgan fingerprint density at radius 2 is 2.38 bits per heavy atom. The van der Waals surface area contributed by atoms with E-state index in [0.717, 1.165) is 22.8 Å². The molecule has 2 aromatic heterocycles. The summed E-state index contributed by atoms with van der Waals surface area (Å²) in [5.74, 6) is 0.942. The van der Waals surface area contributed by atoms with Gasteiger partial charge in [-0.3, -0.25) is 0 Å². The van der Waals surface area contributed by atoms with Crippen LogP contribution in [0.4, 0.5) is 0 Å². The van der Waals surface area contributed by atoms with E-state index >= 15 is 0 Å². The molecule has 0 aliphatic carbocycles. The van der Waals surface area contributed by atoms with Crippen molar-refractivity contribution in [2.45, 2.75) is 20.3 Å². The molecule has 13 heavy (non-hydrogen) atoms. The molecule has 0 saturated heterocycles. The first kappa shape index (κ1) is 8.51. The second-order valence-electron chi connectivity index (χ2n) is 2.88. The number of hydrogen-bond acceptors (Lipinski definition) is 3. The van der Waals surface area contributed by atoms with Crippen LogP contribution in [0.3, 0.4) is 0 Å². The normalized spacial score (nSPS) is 10.6. The predicted octanol–water partition coefficient (Wildman–Crippen LogP) is 3.27. The zero-order valence-corrected chi connectivity index (χ0v) is 8.52. The van der Waals surface area contributed by atoms with Crippen LogP contribution in [0.15, 0.2) is 22.9 Å². The van der Waals surface area contributed by atoms with Gasteiger partial charge in [-0.25, -0.2) is 4.98 Å². The summed E-state index contributed by atoms with van der Waals surface area (Å²) in [5, 5.41) is 1.06. The van der Waals surface area contributed by atoms with Crippen molar-refractivity contribution in [2.24, 2.45) is 0 Å². The van der Waals surface area contributed by atoms with Crippen molar-refractivity contribution in [3.8, 4) is 10.6 Å². The molecular weight excluding hydrogens is 182 g/mol. The highest BCUT2D eigenvalue weighted by Gasteiger charge is 2.08. The van der Waals surface area contributed by atoms with E-state index in [4.69, 9.17) is 4.42 Å². The third kappa shape index (κ3) is 1.52. The molecular formula is C10H11NOS. The Kier molecular flexibility index (Phi) is 2.19. The van der Waals surface area contributed by atoms with Gasteiger partial charge in [0.05, 0.1) is 11.8 Å². The maximum absolute atomic E-state index is 5.23. The summed E-state index contributed by atoms with van der Waals surface area (Å²) in [5.41, 5.74) is 1.12. The summed E-state index contributed by atoms with van der Waals surface area (Å²) in [7, 11) is 0. The van der Waals surface area contributed by atoms with Crippen LogP contribution in [-0.4, -0.2) is 4.98 Å². The monoisotopic (exact) mass is 193 g/mol. The van der Waals surface area contributed by atoms with Gasteiger partial charge in [0.25, 0.3) is 0 Å². The molecule has 3 heteroatoms. The number of aryl methyl sites for hydroxylation is 2. The third-order valence-corrected chi connectivity index (χ3v) is 3.17. The molecule has 2 rings (SSSR count). The van der Waals surface area contributed by atoms with Crippen LogP contribution in [0.2, 0.25) is 0 Å². The topological polar surface area (TPSA) is 26.0 Å². The van der Waals surface area contributed by atoms with E-state index in [1.165, 1.54) is 4.88 Å². The minimum absolute atomic E-state index is 0.942.